The topological polar surface area (TPSA) is 44.9 Å². The first-order chi connectivity index (χ1) is 11.4. The molecule has 112 valence electrons. The van der Waals surface area contributed by atoms with Gasteiger partial charge in [0.05, 0.1) is 12.4 Å². The summed E-state index contributed by atoms with van der Waals surface area (Å²) in [5.41, 5.74) is 1.97. The molecule has 0 N–H and O–H groups in total. The van der Waals surface area contributed by atoms with Crippen LogP contribution in [0.2, 0.25) is 0 Å². The minimum Gasteiger partial charge on any atom is -0.279 e. The van der Waals surface area contributed by atoms with Crippen molar-refractivity contribution in [3.8, 4) is 22.8 Å². The molecule has 0 bridgehead atoms. The van der Waals surface area contributed by atoms with Crippen molar-refractivity contribution in [1.29, 1.82) is 0 Å². The fourth-order valence-corrected chi connectivity index (χ4v) is 2.39. The molecule has 0 saturated carbocycles. The predicted molar refractivity (Wildman–Crippen MR) is 87.3 cm³/mol. The summed E-state index contributed by atoms with van der Waals surface area (Å²) in [6, 6.07) is 19.8. The van der Waals surface area contributed by atoms with E-state index < -0.39 is 0 Å². The molecule has 0 radical (unpaired) electrons. The van der Waals surface area contributed by atoms with Crippen molar-refractivity contribution in [3.05, 3.63) is 85.5 Å². The summed E-state index contributed by atoms with van der Waals surface area (Å²) in [7, 11) is 0. The van der Waals surface area contributed by atoms with Crippen molar-refractivity contribution < 1.29 is 4.94 Å². The van der Waals surface area contributed by atoms with Gasteiger partial charge in [-0.25, -0.2) is 9.97 Å². The highest BCUT2D eigenvalue weighted by atomic mass is 16.8. The SMILES string of the molecule is c1ccc(-c2nccn2On2ccnc2-c2ccccc2)cc1. The minimum absolute atomic E-state index is 0.735. The van der Waals surface area contributed by atoms with Crippen LogP contribution in [0.25, 0.3) is 22.8 Å². The molecule has 0 aliphatic carbocycles. The molecular weight excluding hydrogens is 288 g/mol. The summed E-state index contributed by atoms with van der Waals surface area (Å²) >= 11 is 0. The lowest BCUT2D eigenvalue weighted by atomic mass is 10.2. The Hall–Kier alpha value is -3.34. The van der Waals surface area contributed by atoms with Crippen LogP contribution in [0.15, 0.2) is 85.5 Å². The van der Waals surface area contributed by atoms with E-state index in [0.717, 1.165) is 22.8 Å². The predicted octanol–water partition coefficient (Wildman–Crippen LogP) is 3.31. The average Bonchev–Trinajstić information content (AvgIpc) is 3.26. The zero-order valence-electron chi connectivity index (χ0n) is 12.3. The van der Waals surface area contributed by atoms with Gasteiger partial charge in [0, 0.05) is 23.5 Å². The van der Waals surface area contributed by atoms with Crippen molar-refractivity contribution >= 4 is 0 Å². The molecule has 4 rings (SSSR count). The lowest BCUT2D eigenvalue weighted by Gasteiger charge is -2.11. The van der Waals surface area contributed by atoms with Crippen LogP contribution < -0.4 is 4.94 Å². The number of benzene rings is 2. The number of aromatic nitrogens is 4. The molecule has 0 saturated heterocycles. The summed E-state index contributed by atoms with van der Waals surface area (Å²) in [5.74, 6) is 1.47. The van der Waals surface area contributed by atoms with Crippen molar-refractivity contribution in [1.82, 2.24) is 19.4 Å². The van der Waals surface area contributed by atoms with E-state index in [1.54, 1.807) is 34.2 Å². The maximum atomic E-state index is 5.94. The van der Waals surface area contributed by atoms with Crippen LogP contribution in [0.4, 0.5) is 0 Å². The molecule has 0 amide bonds. The Labute approximate surface area is 133 Å². The molecule has 0 aliphatic rings. The van der Waals surface area contributed by atoms with Crippen molar-refractivity contribution in [2.24, 2.45) is 0 Å². The smallest absolute Gasteiger partial charge is 0.178 e. The largest absolute Gasteiger partial charge is 0.279 e. The third-order valence-electron chi connectivity index (χ3n) is 3.46. The van der Waals surface area contributed by atoms with Crippen LogP contribution in [0.5, 0.6) is 0 Å². The van der Waals surface area contributed by atoms with Gasteiger partial charge in [0.1, 0.15) is 0 Å². The second-order valence-corrected chi connectivity index (χ2v) is 4.97. The molecule has 0 spiro atoms. The molecule has 2 heterocycles. The number of hydrogen-bond acceptors (Lipinski definition) is 3. The van der Waals surface area contributed by atoms with Crippen molar-refractivity contribution in [3.63, 3.8) is 0 Å². The van der Waals surface area contributed by atoms with Gasteiger partial charge in [-0.3, -0.25) is 4.94 Å². The quantitative estimate of drug-likeness (QED) is 0.581. The molecule has 23 heavy (non-hydrogen) atoms. The van der Waals surface area contributed by atoms with Crippen LogP contribution in [0.1, 0.15) is 0 Å². The molecule has 0 atom stereocenters. The van der Waals surface area contributed by atoms with Gasteiger partial charge in [0.2, 0.25) is 0 Å². The highest BCUT2D eigenvalue weighted by Gasteiger charge is 2.11. The van der Waals surface area contributed by atoms with Gasteiger partial charge in [0.25, 0.3) is 0 Å². The zero-order valence-corrected chi connectivity index (χ0v) is 12.3. The molecule has 0 fully saturated rings. The van der Waals surface area contributed by atoms with E-state index in [2.05, 4.69) is 9.97 Å². The number of nitrogens with zero attached hydrogens (tertiary/aromatic N) is 4. The van der Waals surface area contributed by atoms with E-state index >= 15 is 0 Å². The normalized spacial score (nSPS) is 10.6. The third kappa shape index (κ3) is 2.60. The highest BCUT2D eigenvalue weighted by Crippen LogP contribution is 2.18. The van der Waals surface area contributed by atoms with E-state index in [4.69, 9.17) is 4.94 Å². The first-order valence-electron chi connectivity index (χ1n) is 7.28. The van der Waals surface area contributed by atoms with Crippen molar-refractivity contribution in [2.75, 3.05) is 0 Å². The van der Waals surface area contributed by atoms with Crippen LogP contribution in [0, 0.1) is 0 Å². The van der Waals surface area contributed by atoms with Gasteiger partial charge in [-0.2, -0.15) is 0 Å². The molecule has 4 aromatic rings. The van der Waals surface area contributed by atoms with E-state index in [-0.39, 0.29) is 0 Å². The van der Waals surface area contributed by atoms with Gasteiger partial charge in [-0.15, -0.1) is 9.46 Å². The van der Waals surface area contributed by atoms with Gasteiger partial charge >= 0.3 is 0 Å². The Kier molecular flexibility index (Phi) is 3.37. The standard InChI is InChI=1S/C18H14N4O/c1-3-7-15(8-4-1)17-19-11-13-21(17)23-22-14-12-20-18(22)16-9-5-2-6-10-16/h1-14H. The number of hydrogen-bond donors (Lipinski definition) is 0. The Morgan fingerprint density at radius 3 is 1.48 bits per heavy atom. The maximum absolute atomic E-state index is 5.94. The summed E-state index contributed by atoms with van der Waals surface area (Å²) in [5, 5.41) is 0. The number of imidazole rings is 2. The lowest BCUT2D eigenvalue weighted by molar-refractivity contribution is 0.0406. The lowest BCUT2D eigenvalue weighted by Crippen LogP contribution is -2.18. The third-order valence-corrected chi connectivity index (χ3v) is 3.46. The molecule has 5 nitrogen and oxygen atoms in total. The van der Waals surface area contributed by atoms with E-state index in [9.17, 15) is 0 Å². The van der Waals surface area contributed by atoms with Gasteiger partial charge in [-0.1, -0.05) is 60.7 Å². The maximum Gasteiger partial charge on any atom is 0.178 e. The van der Waals surface area contributed by atoms with Gasteiger partial charge in [0.15, 0.2) is 11.6 Å². The summed E-state index contributed by atoms with van der Waals surface area (Å²) in [4.78, 5) is 14.7. The average molecular weight is 302 g/mol. The Balaban J connectivity index is 1.69. The zero-order chi connectivity index (χ0) is 15.5. The molecule has 5 heteroatoms. The first-order valence-corrected chi connectivity index (χ1v) is 7.28. The van der Waals surface area contributed by atoms with Crippen LogP contribution in [-0.4, -0.2) is 19.4 Å². The Bertz CT molecular complexity index is 821. The van der Waals surface area contributed by atoms with Gasteiger partial charge < -0.3 is 0 Å². The minimum atomic E-state index is 0.735. The molecule has 0 unspecified atom stereocenters. The fraction of sp³-hybridized carbons (Fsp3) is 0. The highest BCUT2D eigenvalue weighted by molar-refractivity contribution is 5.56. The van der Waals surface area contributed by atoms with Crippen LogP contribution in [-0.2, 0) is 0 Å². The fourth-order valence-electron chi connectivity index (χ4n) is 2.39. The van der Waals surface area contributed by atoms with E-state index in [0.29, 0.717) is 0 Å². The number of rotatable bonds is 4. The second kappa shape index (κ2) is 5.81. The molecule has 2 aromatic carbocycles. The Morgan fingerprint density at radius 1 is 0.609 bits per heavy atom. The van der Waals surface area contributed by atoms with Crippen LogP contribution in [0.3, 0.4) is 0 Å². The monoisotopic (exact) mass is 302 g/mol. The summed E-state index contributed by atoms with van der Waals surface area (Å²) in [6.07, 6.45) is 6.97. The second-order valence-electron chi connectivity index (χ2n) is 4.97. The van der Waals surface area contributed by atoms with Gasteiger partial charge in [-0.05, 0) is 0 Å². The summed E-state index contributed by atoms with van der Waals surface area (Å²) in [6.45, 7) is 0. The molecule has 2 aromatic heterocycles. The van der Waals surface area contributed by atoms with E-state index in [1.165, 1.54) is 0 Å². The Morgan fingerprint density at radius 2 is 1.04 bits per heavy atom. The van der Waals surface area contributed by atoms with Crippen molar-refractivity contribution in [2.45, 2.75) is 0 Å². The molecular formula is C18H14N4O. The molecule has 0 aliphatic heterocycles. The summed E-state index contributed by atoms with van der Waals surface area (Å²) < 4.78 is 3.26. The first kappa shape index (κ1) is 13.3. The van der Waals surface area contributed by atoms with E-state index in [1.807, 2.05) is 60.7 Å². The van der Waals surface area contributed by atoms with Crippen LogP contribution >= 0.6 is 0 Å².